The van der Waals surface area contributed by atoms with Gasteiger partial charge in [0.25, 0.3) is 5.91 Å². The van der Waals surface area contributed by atoms with Crippen molar-refractivity contribution in [2.75, 3.05) is 19.6 Å². The first kappa shape index (κ1) is 22.3. The van der Waals surface area contributed by atoms with Crippen molar-refractivity contribution in [3.63, 3.8) is 0 Å². The van der Waals surface area contributed by atoms with E-state index in [0.717, 1.165) is 36.7 Å². The summed E-state index contributed by atoms with van der Waals surface area (Å²) in [7, 11) is 0. The molecule has 176 valence electrons. The number of hydrogen-bond acceptors (Lipinski definition) is 4. The van der Waals surface area contributed by atoms with E-state index in [2.05, 4.69) is 41.6 Å². The second-order valence-electron chi connectivity index (χ2n) is 9.46. The maximum atomic E-state index is 14.7. The molecule has 1 fully saturated rings. The number of imidazole rings is 1. The van der Waals surface area contributed by atoms with Gasteiger partial charge in [-0.2, -0.15) is 0 Å². The van der Waals surface area contributed by atoms with Gasteiger partial charge in [0, 0.05) is 67.6 Å². The Bertz CT molecular complexity index is 1300. The van der Waals surface area contributed by atoms with E-state index in [1.165, 1.54) is 6.07 Å². The number of hydrogen-bond donors (Lipinski definition) is 0. The first-order valence-electron chi connectivity index (χ1n) is 11.8. The maximum Gasteiger partial charge on any atom is 0.255 e. The third kappa shape index (κ3) is 4.12. The fraction of sp³-hybridized carbons (Fsp3) is 0.333. The van der Waals surface area contributed by atoms with Crippen LogP contribution in [-0.2, 0) is 4.79 Å². The third-order valence-corrected chi connectivity index (χ3v) is 6.69. The van der Waals surface area contributed by atoms with E-state index >= 15 is 0 Å². The van der Waals surface area contributed by atoms with Gasteiger partial charge >= 0.3 is 0 Å². The van der Waals surface area contributed by atoms with Gasteiger partial charge in [0.15, 0.2) is 11.5 Å². The molecule has 0 N–H and O–H groups in total. The number of amides is 1. The minimum Gasteiger partial charge on any atom is -0.367 e. The quantitative estimate of drug-likeness (QED) is 0.688. The summed E-state index contributed by atoms with van der Waals surface area (Å²) in [4.78, 5) is 24.1. The van der Waals surface area contributed by atoms with Gasteiger partial charge in [0.2, 0.25) is 0 Å². The Balaban J connectivity index is 1.44. The zero-order chi connectivity index (χ0) is 24.0. The summed E-state index contributed by atoms with van der Waals surface area (Å²) < 4.78 is 16.3. The molecular weight excluding hydrogens is 429 g/mol. The molecular formula is C27H30FN5O. The number of rotatable bonds is 3. The highest BCUT2D eigenvalue weighted by Crippen LogP contribution is 2.27. The molecule has 1 saturated heterocycles. The number of nitrogens with zero attached hydrogens (tertiary/aromatic N) is 5. The topological polar surface area (TPSA) is 44.1 Å². The van der Waals surface area contributed by atoms with Crippen LogP contribution in [0, 0.1) is 12.7 Å². The molecule has 1 amide bonds. The van der Waals surface area contributed by atoms with Crippen LogP contribution in [0.1, 0.15) is 32.0 Å². The number of pyridine rings is 1. The van der Waals surface area contributed by atoms with E-state index < -0.39 is 5.82 Å². The highest BCUT2D eigenvalue weighted by atomic mass is 19.1. The Hall–Kier alpha value is -3.45. The zero-order valence-corrected chi connectivity index (χ0v) is 20.1. The number of aromatic nitrogens is 2. The lowest BCUT2D eigenvalue weighted by Gasteiger charge is -2.44. The first-order valence-corrected chi connectivity index (χ1v) is 11.8. The minimum atomic E-state index is -0.414. The molecule has 0 bridgehead atoms. The Labute approximate surface area is 199 Å². The number of halogens is 1. The van der Waals surface area contributed by atoms with Crippen LogP contribution < -0.4 is 0 Å². The fourth-order valence-electron chi connectivity index (χ4n) is 5.01. The van der Waals surface area contributed by atoms with Crippen molar-refractivity contribution in [1.29, 1.82) is 0 Å². The Morgan fingerprint density at radius 3 is 2.68 bits per heavy atom. The average molecular weight is 460 g/mol. The molecule has 0 aliphatic carbocycles. The van der Waals surface area contributed by atoms with Crippen molar-refractivity contribution in [1.82, 2.24) is 24.1 Å². The largest absolute Gasteiger partial charge is 0.367 e. The van der Waals surface area contributed by atoms with Crippen LogP contribution in [0.25, 0.3) is 11.2 Å². The molecule has 0 aromatic carbocycles. The van der Waals surface area contributed by atoms with E-state index in [-0.39, 0.29) is 11.6 Å². The molecule has 1 atom stereocenters. The SMILES string of the molecule is Cc1cn2cc(C3=C\C(=O)N4C=C(N5CCN(C(C)C)[C@@H](C)C5)C=C\C4=C/C=C/3)cc(F)c2n1. The van der Waals surface area contributed by atoms with Gasteiger partial charge < -0.3 is 9.30 Å². The molecule has 0 unspecified atom stereocenters. The number of fused-ring (bicyclic) bond motifs is 2. The fourth-order valence-corrected chi connectivity index (χ4v) is 5.01. The standard InChI is InChI=1S/C27H30FN5O/c1-18(2)32-11-10-30(15-20(32)4)24-9-8-23-7-5-6-21(13-26(34)33(23)17-24)22-12-25(28)27-29-19(3)14-31(27)16-22/h5-9,12-14,16-18,20H,10-11,15H2,1-4H3/b6-5+,21-13+,23-7+/t20-/m0/s1. The number of carbonyl (C=O) groups excluding carboxylic acids is 1. The van der Waals surface area contributed by atoms with Crippen LogP contribution in [-0.4, -0.2) is 61.7 Å². The lowest BCUT2D eigenvalue weighted by Crippen LogP contribution is -2.53. The van der Waals surface area contributed by atoms with Gasteiger partial charge in [-0.15, -0.1) is 0 Å². The summed E-state index contributed by atoms with van der Waals surface area (Å²) in [6.45, 7) is 11.4. The van der Waals surface area contributed by atoms with Crippen molar-refractivity contribution < 1.29 is 9.18 Å². The van der Waals surface area contributed by atoms with Crippen LogP contribution >= 0.6 is 0 Å². The lowest BCUT2D eigenvalue weighted by molar-refractivity contribution is -0.122. The van der Waals surface area contributed by atoms with E-state index in [0.29, 0.717) is 23.2 Å². The second kappa shape index (κ2) is 8.72. The Morgan fingerprint density at radius 1 is 1.12 bits per heavy atom. The minimum absolute atomic E-state index is 0.163. The van der Waals surface area contributed by atoms with Crippen LogP contribution in [0.4, 0.5) is 4.39 Å². The van der Waals surface area contributed by atoms with Crippen molar-refractivity contribution in [3.8, 4) is 0 Å². The van der Waals surface area contributed by atoms with Crippen LogP contribution in [0.5, 0.6) is 0 Å². The first-order chi connectivity index (χ1) is 16.3. The van der Waals surface area contributed by atoms with E-state index in [9.17, 15) is 9.18 Å². The van der Waals surface area contributed by atoms with E-state index in [1.54, 1.807) is 27.8 Å². The molecule has 7 heteroatoms. The van der Waals surface area contributed by atoms with Gasteiger partial charge in [-0.25, -0.2) is 9.37 Å². The normalized spacial score (nSPS) is 25.4. The Kier molecular flexibility index (Phi) is 5.73. The molecule has 2 aromatic heterocycles. The highest BCUT2D eigenvalue weighted by molar-refractivity contribution is 5.99. The number of aryl methyl sites for hydroxylation is 1. The van der Waals surface area contributed by atoms with E-state index in [4.69, 9.17) is 0 Å². The molecule has 34 heavy (non-hydrogen) atoms. The summed E-state index contributed by atoms with van der Waals surface area (Å²) in [5, 5.41) is 0. The molecule has 0 spiro atoms. The molecule has 3 aliphatic rings. The monoisotopic (exact) mass is 459 g/mol. The van der Waals surface area contributed by atoms with E-state index in [1.807, 2.05) is 37.4 Å². The summed E-state index contributed by atoms with van der Waals surface area (Å²) in [6.07, 6.45) is 16.8. The molecule has 3 aliphatic heterocycles. The number of allylic oxidation sites excluding steroid dienone is 6. The third-order valence-electron chi connectivity index (χ3n) is 6.69. The molecule has 0 radical (unpaired) electrons. The van der Waals surface area contributed by atoms with Gasteiger partial charge in [0.1, 0.15) is 0 Å². The zero-order valence-electron chi connectivity index (χ0n) is 20.1. The van der Waals surface area contributed by atoms with Crippen molar-refractivity contribution in [2.45, 2.75) is 39.8 Å². The average Bonchev–Trinajstić information content (AvgIpc) is 3.17. The summed E-state index contributed by atoms with van der Waals surface area (Å²) in [6, 6.07) is 2.39. The predicted molar refractivity (Wildman–Crippen MR) is 132 cm³/mol. The molecule has 6 nitrogen and oxygen atoms in total. The maximum absolute atomic E-state index is 14.7. The second-order valence-corrected chi connectivity index (χ2v) is 9.46. The molecule has 5 rings (SSSR count). The predicted octanol–water partition coefficient (Wildman–Crippen LogP) is 4.27. The van der Waals surface area contributed by atoms with Gasteiger partial charge in [0.05, 0.1) is 11.4 Å². The molecule has 5 heterocycles. The number of piperazine rings is 1. The Morgan fingerprint density at radius 2 is 1.91 bits per heavy atom. The van der Waals surface area contributed by atoms with Crippen LogP contribution in [0.2, 0.25) is 0 Å². The van der Waals surface area contributed by atoms with Crippen LogP contribution in [0.15, 0.2) is 72.5 Å². The van der Waals surface area contributed by atoms with Crippen LogP contribution in [0.3, 0.4) is 0 Å². The molecule has 0 saturated carbocycles. The highest BCUT2D eigenvalue weighted by Gasteiger charge is 2.28. The lowest BCUT2D eigenvalue weighted by atomic mass is 10.0. The summed E-state index contributed by atoms with van der Waals surface area (Å²) in [5.74, 6) is -0.577. The van der Waals surface area contributed by atoms with Crippen molar-refractivity contribution in [3.05, 3.63) is 89.6 Å². The summed E-state index contributed by atoms with van der Waals surface area (Å²) >= 11 is 0. The van der Waals surface area contributed by atoms with Crippen molar-refractivity contribution >= 4 is 17.1 Å². The molecule has 2 aromatic rings. The van der Waals surface area contributed by atoms with Gasteiger partial charge in [-0.3, -0.25) is 14.6 Å². The van der Waals surface area contributed by atoms with Crippen molar-refractivity contribution in [2.24, 2.45) is 0 Å². The van der Waals surface area contributed by atoms with Gasteiger partial charge in [-0.1, -0.05) is 12.2 Å². The number of carbonyl (C=O) groups is 1. The van der Waals surface area contributed by atoms with Gasteiger partial charge in [-0.05, 0) is 57.6 Å². The smallest absolute Gasteiger partial charge is 0.255 e. The summed E-state index contributed by atoms with van der Waals surface area (Å²) in [5.41, 5.74) is 4.13.